The lowest BCUT2D eigenvalue weighted by molar-refractivity contribution is 1.02. The molecule has 0 unspecified atom stereocenters. The Bertz CT molecular complexity index is 849. The quantitative estimate of drug-likeness (QED) is 0.449. The van der Waals surface area contributed by atoms with Crippen molar-refractivity contribution in [3.8, 4) is 0 Å². The molecule has 0 aliphatic carbocycles. The number of para-hydroxylation sites is 1. The van der Waals surface area contributed by atoms with E-state index in [0.717, 1.165) is 11.3 Å². The number of nitrogen functional groups attached to an aromatic ring is 3. The molecule has 0 aliphatic heterocycles. The smallest absolute Gasteiger partial charge is 0.233 e. The molecule has 2 aromatic carbocycles. The lowest BCUT2D eigenvalue weighted by atomic mass is 10.2. The molecule has 0 atom stereocenters. The molecule has 8 heteroatoms. The van der Waals surface area contributed by atoms with Crippen LogP contribution >= 0.6 is 0 Å². The minimum Gasteiger partial charge on any atom is -0.399 e. The Balaban J connectivity index is 1.75. The fraction of sp³-hybridized carbons (Fsp3) is 0.0625. The van der Waals surface area contributed by atoms with Crippen LogP contribution in [-0.4, -0.2) is 15.0 Å². The van der Waals surface area contributed by atoms with Crippen LogP contribution in [0.5, 0.6) is 0 Å². The molecular formula is C16H18N8. The molecule has 3 rings (SSSR count). The first-order valence-corrected chi connectivity index (χ1v) is 7.31. The van der Waals surface area contributed by atoms with Crippen molar-refractivity contribution in [2.24, 2.45) is 0 Å². The van der Waals surface area contributed by atoms with E-state index in [-0.39, 0.29) is 5.95 Å². The van der Waals surface area contributed by atoms with Crippen molar-refractivity contribution in [1.82, 2.24) is 15.0 Å². The molecule has 8 N–H and O–H groups in total. The van der Waals surface area contributed by atoms with Crippen molar-refractivity contribution in [1.29, 1.82) is 0 Å². The summed E-state index contributed by atoms with van der Waals surface area (Å²) in [6.07, 6.45) is 0. The zero-order chi connectivity index (χ0) is 16.9. The van der Waals surface area contributed by atoms with Gasteiger partial charge in [-0.25, -0.2) is 0 Å². The second kappa shape index (κ2) is 6.69. The number of rotatable bonds is 5. The minimum absolute atomic E-state index is 0.111. The Morgan fingerprint density at radius 2 is 1.62 bits per heavy atom. The third-order valence-electron chi connectivity index (χ3n) is 3.29. The maximum Gasteiger partial charge on any atom is 0.233 e. The number of nitrogens with two attached hydrogens (primary N) is 3. The summed E-state index contributed by atoms with van der Waals surface area (Å²) >= 11 is 0. The largest absolute Gasteiger partial charge is 0.399 e. The molecule has 0 saturated heterocycles. The average molecular weight is 322 g/mol. The van der Waals surface area contributed by atoms with Crippen molar-refractivity contribution >= 4 is 34.9 Å². The summed E-state index contributed by atoms with van der Waals surface area (Å²) in [5.74, 6) is 0.800. The maximum absolute atomic E-state index is 5.92. The Morgan fingerprint density at radius 1 is 0.833 bits per heavy atom. The SMILES string of the molecule is Nc1cccc(Nc2nc(N)nc(NCc3ccccc3N)n2)c1. The third-order valence-corrected chi connectivity index (χ3v) is 3.29. The van der Waals surface area contributed by atoms with Gasteiger partial charge in [0.25, 0.3) is 0 Å². The molecule has 8 nitrogen and oxygen atoms in total. The Labute approximate surface area is 139 Å². The molecule has 24 heavy (non-hydrogen) atoms. The highest BCUT2D eigenvalue weighted by molar-refractivity contribution is 5.60. The van der Waals surface area contributed by atoms with Crippen molar-refractivity contribution in [2.75, 3.05) is 27.8 Å². The molecule has 1 heterocycles. The molecule has 0 saturated carbocycles. The summed E-state index contributed by atoms with van der Waals surface area (Å²) in [5, 5.41) is 6.14. The molecule has 3 aromatic rings. The predicted molar refractivity (Wildman–Crippen MR) is 96.6 cm³/mol. The highest BCUT2D eigenvalue weighted by Crippen LogP contribution is 2.18. The van der Waals surface area contributed by atoms with Gasteiger partial charge >= 0.3 is 0 Å². The van der Waals surface area contributed by atoms with Crippen LogP contribution in [0, 0.1) is 0 Å². The molecule has 1 aromatic heterocycles. The first-order valence-electron chi connectivity index (χ1n) is 7.31. The number of nitrogens with one attached hydrogen (secondary N) is 2. The van der Waals surface area contributed by atoms with Gasteiger partial charge in [-0.1, -0.05) is 24.3 Å². The van der Waals surface area contributed by atoms with Gasteiger partial charge in [-0.05, 0) is 29.8 Å². The summed E-state index contributed by atoms with van der Waals surface area (Å²) in [6.45, 7) is 0.480. The molecule has 0 bridgehead atoms. The third kappa shape index (κ3) is 3.80. The van der Waals surface area contributed by atoms with Crippen LogP contribution in [0.3, 0.4) is 0 Å². The van der Waals surface area contributed by atoms with E-state index in [2.05, 4.69) is 25.6 Å². The molecule has 0 radical (unpaired) electrons. The van der Waals surface area contributed by atoms with Crippen LogP contribution < -0.4 is 27.8 Å². The first-order chi connectivity index (χ1) is 11.6. The van der Waals surface area contributed by atoms with Gasteiger partial charge in [0, 0.05) is 23.6 Å². The standard InChI is InChI=1S/C16H18N8/c17-11-5-3-6-12(8-11)21-16-23-14(19)22-15(24-16)20-9-10-4-1-2-7-13(10)18/h1-8H,9,17-18H2,(H4,19,20,21,22,23,24). The van der Waals surface area contributed by atoms with Gasteiger partial charge in [0.05, 0.1) is 0 Å². The van der Waals surface area contributed by atoms with Gasteiger partial charge in [0.1, 0.15) is 0 Å². The number of benzene rings is 2. The molecule has 0 fully saturated rings. The van der Waals surface area contributed by atoms with Gasteiger partial charge in [-0.2, -0.15) is 15.0 Å². The van der Waals surface area contributed by atoms with E-state index in [9.17, 15) is 0 Å². The average Bonchev–Trinajstić information content (AvgIpc) is 2.53. The molecule has 0 amide bonds. The highest BCUT2D eigenvalue weighted by Gasteiger charge is 2.06. The Morgan fingerprint density at radius 3 is 2.42 bits per heavy atom. The number of hydrogen-bond acceptors (Lipinski definition) is 8. The van der Waals surface area contributed by atoms with Crippen molar-refractivity contribution < 1.29 is 0 Å². The number of aromatic nitrogens is 3. The fourth-order valence-corrected chi connectivity index (χ4v) is 2.14. The van der Waals surface area contributed by atoms with Crippen LogP contribution in [0.25, 0.3) is 0 Å². The second-order valence-electron chi connectivity index (χ2n) is 5.14. The van der Waals surface area contributed by atoms with Crippen molar-refractivity contribution in [2.45, 2.75) is 6.54 Å². The Kier molecular flexibility index (Phi) is 4.28. The van der Waals surface area contributed by atoms with Crippen LogP contribution in [-0.2, 0) is 6.54 Å². The zero-order valence-electron chi connectivity index (χ0n) is 12.9. The summed E-state index contributed by atoms with van der Waals surface area (Å²) in [5.41, 5.74) is 20.5. The number of anilines is 6. The van der Waals surface area contributed by atoms with E-state index < -0.39 is 0 Å². The monoisotopic (exact) mass is 322 g/mol. The van der Waals surface area contributed by atoms with E-state index in [1.807, 2.05) is 36.4 Å². The van der Waals surface area contributed by atoms with E-state index in [4.69, 9.17) is 17.2 Å². The molecule has 0 aliphatic rings. The van der Waals surface area contributed by atoms with E-state index in [1.165, 1.54) is 0 Å². The van der Waals surface area contributed by atoms with Crippen molar-refractivity contribution in [3.05, 3.63) is 54.1 Å². The van der Waals surface area contributed by atoms with Gasteiger partial charge in [-0.15, -0.1) is 0 Å². The van der Waals surface area contributed by atoms with Crippen LogP contribution in [0.4, 0.5) is 34.9 Å². The minimum atomic E-state index is 0.111. The number of hydrogen-bond donors (Lipinski definition) is 5. The molecule has 0 spiro atoms. The lowest BCUT2D eigenvalue weighted by Crippen LogP contribution is -2.10. The fourth-order valence-electron chi connectivity index (χ4n) is 2.14. The lowest BCUT2D eigenvalue weighted by Gasteiger charge is -2.10. The van der Waals surface area contributed by atoms with Crippen molar-refractivity contribution in [3.63, 3.8) is 0 Å². The topological polar surface area (TPSA) is 141 Å². The summed E-state index contributed by atoms with van der Waals surface area (Å²) in [7, 11) is 0. The van der Waals surface area contributed by atoms with Gasteiger partial charge in [0.2, 0.25) is 17.8 Å². The zero-order valence-corrected chi connectivity index (χ0v) is 12.9. The van der Waals surface area contributed by atoms with E-state index in [0.29, 0.717) is 29.8 Å². The molecular weight excluding hydrogens is 304 g/mol. The van der Waals surface area contributed by atoms with Crippen LogP contribution in [0.2, 0.25) is 0 Å². The Hall–Kier alpha value is -3.55. The normalized spacial score (nSPS) is 10.3. The number of nitrogens with zero attached hydrogens (tertiary/aromatic N) is 3. The van der Waals surface area contributed by atoms with Gasteiger partial charge in [0.15, 0.2) is 0 Å². The summed E-state index contributed by atoms with van der Waals surface area (Å²) in [6, 6.07) is 14.8. The second-order valence-corrected chi connectivity index (χ2v) is 5.14. The van der Waals surface area contributed by atoms with E-state index in [1.54, 1.807) is 12.1 Å². The summed E-state index contributed by atoms with van der Waals surface area (Å²) < 4.78 is 0. The van der Waals surface area contributed by atoms with Gasteiger partial charge in [-0.3, -0.25) is 0 Å². The molecule has 122 valence electrons. The highest BCUT2D eigenvalue weighted by atomic mass is 15.2. The predicted octanol–water partition coefficient (Wildman–Crippen LogP) is 1.97. The first kappa shape index (κ1) is 15.3. The van der Waals surface area contributed by atoms with E-state index >= 15 is 0 Å². The van der Waals surface area contributed by atoms with Gasteiger partial charge < -0.3 is 27.8 Å². The van der Waals surface area contributed by atoms with Crippen LogP contribution in [0.15, 0.2) is 48.5 Å². The maximum atomic E-state index is 5.92. The summed E-state index contributed by atoms with van der Waals surface area (Å²) in [4.78, 5) is 12.4. The van der Waals surface area contributed by atoms with Crippen LogP contribution in [0.1, 0.15) is 5.56 Å².